The van der Waals surface area contributed by atoms with Gasteiger partial charge in [-0.15, -0.1) is 0 Å². The molecule has 0 atom stereocenters. The summed E-state index contributed by atoms with van der Waals surface area (Å²) in [5.41, 5.74) is -0.576. The molecule has 0 radical (unpaired) electrons. The van der Waals surface area contributed by atoms with Gasteiger partial charge in [0.25, 0.3) is 5.91 Å². The summed E-state index contributed by atoms with van der Waals surface area (Å²) in [6, 6.07) is 8.40. The summed E-state index contributed by atoms with van der Waals surface area (Å²) in [7, 11) is 0. The fraction of sp³-hybridized carbons (Fsp3) is 0.350. The fourth-order valence-corrected chi connectivity index (χ4v) is 2.26. The van der Waals surface area contributed by atoms with E-state index in [2.05, 4.69) is 20.9 Å². The number of anilines is 2. The zero-order chi connectivity index (χ0) is 22.4. The van der Waals surface area contributed by atoms with Crippen LogP contribution in [-0.4, -0.2) is 35.7 Å². The Labute approximate surface area is 172 Å². The number of rotatable bonds is 6. The van der Waals surface area contributed by atoms with Gasteiger partial charge in [-0.25, -0.2) is 9.78 Å². The molecule has 10 heteroatoms. The molecular weight excluding hydrogens is 401 g/mol. The topological polar surface area (TPSA) is 92.3 Å². The van der Waals surface area contributed by atoms with Gasteiger partial charge in [-0.2, -0.15) is 13.2 Å². The molecule has 0 bridgehead atoms. The quantitative estimate of drug-likeness (QED) is 0.602. The molecule has 0 aliphatic heterocycles. The van der Waals surface area contributed by atoms with Crippen LogP contribution in [0, 0.1) is 0 Å². The molecule has 2 aromatic rings. The summed E-state index contributed by atoms with van der Waals surface area (Å²) in [5.74, 6) is -0.0594. The highest BCUT2D eigenvalue weighted by Gasteiger charge is 2.30. The van der Waals surface area contributed by atoms with Crippen molar-refractivity contribution in [2.45, 2.75) is 32.5 Å². The Morgan fingerprint density at radius 1 is 1.00 bits per heavy atom. The molecule has 0 aliphatic rings. The third kappa shape index (κ3) is 7.61. The molecule has 0 spiro atoms. The number of pyridine rings is 1. The van der Waals surface area contributed by atoms with Gasteiger partial charge in [-0.1, -0.05) is 0 Å². The summed E-state index contributed by atoms with van der Waals surface area (Å²) in [6.07, 6.45) is -4.28. The third-order valence-electron chi connectivity index (χ3n) is 3.60. The Morgan fingerprint density at radius 2 is 1.67 bits per heavy atom. The van der Waals surface area contributed by atoms with Crippen LogP contribution in [-0.2, 0) is 10.9 Å². The van der Waals surface area contributed by atoms with E-state index < -0.39 is 23.4 Å². The van der Waals surface area contributed by atoms with E-state index >= 15 is 0 Å². The normalized spacial score (nSPS) is 11.5. The van der Waals surface area contributed by atoms with Crippen molar-refractivity contribution in [2.75, 3.05) is 23.7 Å². The Balaban J connectivity index is 1.76. The van der Waals surface area contributed by atoms with E-state index in [0.29, 0.717) is 11.3 Å². The summed E-state index contributed by atoms with van der Waals surface area (Å²) in [4.78, 5) is 27.6. The zero-order valence-corrected chi connectivity index (χ0v) is 16.8. The molecule has 3 N–H and O–H groups in total. The molecule has 0 aliphatic carbocycles. The smallest absolute Gasteiger partial charge is 0.417 e. The average Bonchev–Trinajstić information content (AvgIpc) is 2.64. The lowest BCUT2D eigenvalue weighted by molar-refractivity contribution is -0.137. The number of halogens is 3. The van der Waals surface area contributed by atoms with Crippen molar-refractivity contribution in [3.63, 3.8) is 0 Å². The van der Waals surface area contributed by atoms with Crippen molar-refractivity contribution >= 4 is 23.5 Å². The number of aromatic nitrogens is 1. The highest BCUT2D eigenvalue weighted by molar-refractivity contribution is 5.95. The van der Waals surface area contributed by atoms with Gasteiger partial charge in [-0.05, 0) is 57.2 Å². The first-order valence-corrected chi connectivity index (χ1v) is 9.09. The van der Waals surface area contributed by atoms with Gasteiger partial charge in [0.15, 0.2) is 0 Å². The monoisotopic (exact) mass is 424 g/mol. The minimum absolute atomic E-state index is 0.236. The van der Waals surface area contributed by atoms with Crippen LogP contribution in [0.5, 0.6) is 0 Å². The molecule has 0 unspecified atom stereocenters. The van der Waals surface area contributed by atoms with Crippen LogP contribution in [0.15, 0.2) is 42.6 Å². The summed E-state index contributed by atoms with van der Waals surface area (Å²) in [5, 5.41) is 8.07. The number of nitrogens with zero attached hydrogens (tertiary/aromatic N) is 1. The summed E-state index contributed by atoms with van der Waals surface area (Å²) >= 11 is 0. The maximum Gasteiger partial charge on any atom is 0.417 e. The largest absolute Gasteiger partial charge is 0.444 e. The van der Waals surface area contributed by atoms with Gasteiger partial charge < -0.3 is 15.4 Å². The van der Waals surface area contributed by atoms with Crippen LogP contribution in [0.25, 0.3) is 0 Å². The molecule has 2 amide bonds. The fourth-order valence-electron chi connectivity index (χ4n) is 2.26. The molecule has 162 valence electrons. The lowest BCUT2D eigenvalue weighted by Gasteiger charge is -2.19. The molecule has 2 rings (SSSR count). The Kier molecular flexibility index (Phi) is 7.25. The van der Waals surface area contributed by atoms with Crippen molar-refractivity contribution in [2.24, 2.45) is 0 Å². The maximum absolute atomic E-state index is 12.5. The van der Waals surface area contributed by atoms with Crippen LogP contribution >= 0.6 is 0 Å². The number of carbonyl (C=O) groups is 2. The van der Waals surface area contributed by atoms with Crippen molar-refractivity contribution in [3.05, 3.63) is 53.7 Å². The van der Waals surface area contributed by atoms with Gasteiger partial charge in [-0.3, -0.25) is 10.1 Å². The van der Waals surface area contributed by atoms with E-state index in [1.807, 2.05) is 0 Å². The van der Waals surface area contributed by atoms with Gasteiger partial charge in [0.1, 0.15) is 11.4 Å². The number of amides is 2. The van der Waals surface area contributed by atoms with Crippen LogP contribution in [0.1, 0.15) is 36.7 Å². The van der Waals surface area contributed by atoms with E-state index in [4.69, 9.17) is 4.74 Å². The van der Waals surface area contributed by atoms with Gasteiger partial charge in [0.2, 0.25) is 0 Å². The molecule has 0 saturated carbocycles. The standard InChI is InChI=1S/C20H23F3N4O3/c1-19(2,3)30-18(29)27-15-7-4-13(5-8-15)17(28)25-11-10-24-16-9-6-14(12-26-16)20(21,22)23/h4-9,12H,10-11H2,1-3H3,(H,24,26)(H,25,28)(H,27,29). The van der Waals surface area contributed by atoms with Crippen molar-refractivity contribution in [3.8, 4) is 0 Å². The Morgan fingerprint density at radius 3 is 2.20 bits per heavy atom. The first kappa shape index (κ1) is 23.0. The molecule has 1 aromatic heterocycles. The van der Waals surface area contributed by atoms with E-state index in [9.17, 15) is 22.8 Å². The van der Waals surface area contributed by atoms with E-state index in [-0.39, 0.29) is 24.8 Å². The van der Waals surface area contributed by atoms with E-state index in [1.165, 1.54) is 6.07 Å². The first-order valence-electron chi connectivity index (χ1n) is 9.09. The number of hydrogen-bond donors (Lipinski definition) is 3. The minimum Gasteiger partial charge on any atom is -0.444 e. The van der Waals surface area contributed by atoms with Crippen molar-refractivity contribution < 1.29 is 27.5 Å². The van der Waals surface area contributed by atoms with Gasteiger partial charge in [0, 0.05) is 30.5 Å². The predicted molar refractivity (Wildman–Crippen MR) is 106 cm³/mol. The number of carbonyl (C=O) groups excluding carboxylic acids is 2. The van der Waals surface area contributed by atoms with Crippen molar-refractivity contribution in [1.29, 1.82) is 0 Å². The Bertz CT molecular complexity index is 861. The first-order chi connectivity index (χ1) is 13.9. The van der Waals surface area contributed by atoms with E-state index in [0.717, 1.165) is 12.3 Å². The average molecular weight is 424 g/mol. The molecule has 1 heterocycles. The second-order valence-electron chi connectivity index (χ2n) is 7.32. The minimum atomic E-state index is -4.43. The van der Waals surface area contributed by atoms with Crippen molar-refractivity contribution in [1.82, 2.24) is 10.3 Å². The third-order valence-corrected chi connectivity index (χ3v) is 3.60. The molecule has 7 nitrogen and oxygen atoms in total. The predicted octanol–water partition coefficient (Wildman–Crippen LogP) is 4.29. The molecule has 1 aromatic carbocycles. The number of nitrogens with one attached hydrogen (secondary N) is 3. The lowest BCUT2D eigenvalue weighted by Crippen LogP contribution is -2.29. The Hall–Kier alpha value is -3.30. The van der Waals surface area contributed by atoms with Crippen LogP contribution < -0.4 is 16.0 Å². The molecule has 30 heavy (non-hydrogen) atoms. The second-order valence-corrected chi connectivity index (χ2v) is 7.32. The summed E-state index contributed by atoms with van der Waals surface area (Å²) in [6.45, 7) is 5.77. The van der Waals surface area contributed by atoms with Crippen LogP contribution in [0.3, 0.4) is 0 Å². The molecular formula is C20H23F3N4O3. The number of ether oxygens (including phenoxy) is 1. The van der Waals surface area contributed by atoms with Crippen LogP contribution in [0.4, 0.5) is 29.5 Å². The number of alkyl halides is 3. The number of hydrogen-bond acceptors (Lipinski definition) is 5. The molecule has 0 saturated heterocycles. The highest BCUT2D eigenvalue weighted by atomic mass is 19.4. The van der Waals surface area contributed by atoms with Gasteiger partial charge in [0.05, 0.1) is 5.56 Å². The van der Waals surface area contributed by atoms with Crippen LogP contribution in [0.2, 0.25) is 0 Å². The van der Waals surface area contributed by atoms with E-state index in [1.54, 1.807) is 45.0 Å². The van der Waals surface area contributed by atoms with Gasteiger partial charge >= 0.3 is 12.3 Å². The SMILES string of the molecule is CC(C)(C)OC(=O)Nc1ccc(C(=O)NCCNc2ccc(C(F)(F)F)cn2)cc1. The maximum atomic E-state index is 12.5. The molecule has 0 fully saturated rings. The second kappa shape index (κ2) is 9.47. The highest BCUT2D eigenvalue weighted by Crippen LogP contribution is 2.28. The zero-order valence-electron chi connectivity index (χ0n) is 16.8. The summed E-state index contributed by atoms with van der Waals surface area (Å²) < 4.78 is 42.6. The lowest BCUT2D eigenvalue weighted by atomic mass is 10.2. The number of benzene rings is 1.